The quantitative estimate of drug-likeness (QED) is 0.736. The fourth-order valence-corrected chi connectivity index (χ4v) is 1.40. The van der Waals surface area contributed by atoms with Crippen LogP contribution in [-0.2, 0) is 6.54 Å². The third-order valence-corrected chi connectivity index (χ3v) is 2.02. The van der Waals surface area contributed by atoms with E-state index in [1.807, 2.05) is 12.1 Å². The monoisotopic (exact) mass is 181 g/mol. The number of nitrogens with two attached hydrogens (primary N) is 1. The molecule has 0 saturated carbocycles. The Labute approximate surface area is 76.2 Å². The van der Waals surface area contributed by atoms with Crippen molar-refractivity contribution in [3.05, 3.63) is 17.7 Å². The zero-order chi connectivity index (χ0) is 9.26. The molecule has 0 aromatic heterocycles. The minimum atomic E-state index is 0.259. The molecule has 4 heteroatoms. The summed E-state index contributed by atoms with van der Waals surface area (Å²) in [4.78, 5) is 0. The van der Waals surface area contributed by atoms with E-state index in [0.29, 0.717) is 12.3 Å². The molecule has 0 radical (unpaired) electrons. The Bertz CT molecular complexity index is 325. The summed E-state index contributed by atoms with van der Waals surface area (Å²) in [6, 6.07) is 3.65. The van der Waals surface area contributed by atoms with Crippen LogP contribution in [0.25, 0.3) is 0 Å². The number of methoxy groups -OCH3 is 1. The average Bonchev–Trinajstić information content (AvgIpc) is 2.63. The molecule has 1 aromatic carbocycles. The first kappa shape index (κ1) is 8.19. The summed E-state index contributed by atoms with van der Waals surface area (Å²) in [7, 11) is 1.61. The van der Waals surface area contributed by atoms with E-state index < -0.39 is 0 Å². The molecule has 1 aliphatic rings. The number of hydrogen-bond donors (Lipinski definition) is 1. The molecule has 0 unspecified atom stereocenters. The van der Waals surface area contributed by atoms with Crippen LogP contribution in [0.5, 0.6) is 17.2 Å². The van der Waals surface area contributed by atoms with E-state index in [2.05, 4.69) is 0 Å². The second kappa shape index (κ2) is 3.14. The number of ether oxygens (including phenoxy) is 3. The molecule has 0 atom stereocenters. The number of hydrogen-bond acceptors (Lipinski definition) is 4. The van der Waals surface area contributed by atoms with Gasteiger partial charge in [0.25, 0.3) is 0 Å². The highest BCUT2D eigenvalue weighted by Gasteiger charge is 2.19. The molecular formula is C9H11NO3. The fourth-order valence-electron chi connectivity index (χ4n) is 1.40. The lowest BCUT2D eigenvalue weighted by molar-refractivity contribution is 0.173. The average molecular weight is 181 g/mol. The van der Waals surface area contributed by atoms with Gasteiger partial charge in [0.05, 0.1) is 12.7 Å². The summed E-state index contributed by atoms with van der Waals surface area (Å²) in [5, 5.41) is 0. The maximum absolute atomic E-state index is 5.58. The van der Waals surface area contributed by atoms with Gasteiger partial charge in [0, 0.05) is 6.54 Å². The molecule has 0 aliphatic carbocycles. The minimum absolute atomic E-state index is 0.259. The SMILES string of the molecule is COc1ccc2c(c1CN)OCO2. The van der Waals surface area contributed by atoms with Gasteiger partial charge in [-0.3, -0.25) is 0 Å². The Morgan fingerprint density at radius 3 is 3.00 bits per heavy atom. The van der Waals surface area contributed by atoms with Crippen LogP contribution >= 0.6 is 0 Å². The molecule has 70 valence electrons. The smallest absolute Gasteiger partial charge is 0.231 e. The van der Waals surface area contributed by atoms with Crippen molar-refractivity contribution >= 4 is 0 Å². The fraction of sp³-hybridized carbons (Fsp3) is 0.333. The van der Waals surface area contributed by atoms with Gasteiger partial charge in [-0.1, -0.05) is 0 Å². The van der Waals surface area contributed by atoms with Crippen molar-refractivity contribution in [2.45, 2.75) is 6.54 Å². The Balaban J connectivity index is 2.53. The first-order valence-corrected chi connectivity index (χ1v) is 4.02. The predicted molar refractivity (Wildman–Crippen MR) is 47.0 cm³/mol. The maximum atomic E-state index is 5.58. The van der Waals surface area contributed by atoms with Crippen LogP contribution in [-0.4, -0.2) is 13.9 Å². The number of benzene rings is 1. The van der Waals surface area contributed by atoms with Crippen LogP contribution in [0.2, 0.25) is 0 Å². The van der Waals surface area contributed by atoms with Crippen LogP contribution in [0.3, 0.4) is 0 Å². The molecule has 1 heterocycles. The van der Waals surface area contributed by atoms with Gasteiger partial charge in [0.1, 0.15) is 5.75 Å². The van der Waals surface area contributed by atoms with Crippen molar-refractivity contribution in [3.8, 4) is 17.2 Å². The topological polar surface area (TPSA) is 53.7 Å². The van der Waals surface area contributed by atoms with E-state index in [1.165, 1.54) is 0 Å². The molecular weight excluding hydrogens is 170 g/mol. The minimum Gasteiger partial charge on any atom is -0.496 e. The molecule has 0 fully saturated rings. The number of fused-ring (bicyclic) bond motifs is 1. The maximum Gasteiger partial charge on any atom is 0.231 e. The summed E-state index contributed by atoms with van der Waals surface area (Å²) < 4.78 is 15.6. The van der Waals surface area contributed by atoms with Crippen molar-refractivity contribution in [1.82, 2.24) is 0 Å². The van der Waals surface area contributed by atoms with Gasteiger partial charge in [-0.15, -0.1) is 0 Å². The Morgan fingerprint density at radius 2 is 2.31 bits per heavy atom. The molecule has 1 aliphatic heterocycles. The second-order valence-corrected chi connectivity index (χ2v) is 2.68. The van der Waals surface area contributed by atoms with Crippen LogP contribution in [0.4, 0.5) is 0 Å². The lowest BCUT2D eigenvalue weighted by Crippen LogP contribution is -2.01. The summed E-state index contributed by atoms with van der Waals surface area (Å²) in [6.45, 7) is 0.644. The van der Waals surface area contributed by atoms with Crippen LogP contribution < -0.4 is 19.9 Å². The van der Waals surface area contributed by atoms with E-state index in [1.54, 1.807) is 7.11 Å². The highest BCUT2D eigenvalue weighted by atomic mass is 16.7. The van der Waals surface area contributed by atoms with Crippen molar-refractivity contribution in [2.75, 3.05) is 13.9 Å². The molecule has 0 amide bonds. The third kappa shape index (κ3) is 1.19. The van der Waals surface area contributed by atoms with E-state index >= 15 is 0 Å². The van der Waals surface area contributed by atoms with E-state index in [0.717, 1.165) is 17.1 Å². The summed E-state index contributed by atoms with van der Waals surface area (Å²) in [5.74, 6) is 2.19. The summed E-state index contributed by atoms with van der Waals surface area (Å²) in [5.41, 5.74) is 6.44. The molecule has 13 heavy (non-hydrogen) atoms. The highest BCUT2D eigenvalue weighted by Crippen LogP contribution is 2.40. The number of rotatable bonds is 2. The second-order valence-electron chi connectivity index (χ2n) is 2.68. The van der Waals surface area contributed by atoms with Gasteiger partial charge in [-0.25, -0.2) is 0 Å². The first-order valence-electron chi connectivity index (χ1n) is 4.02. The van der Waals surface area contributed by atoms with Crippen molar-refractivity contribution in [2.24, 2.45) is 5.73 Å². The predicted octanol–water partition coefficient (Wildman–Crippen LogP) is 0.883. The molecule has 2 rings (SSSR count). The van der Waals surface area contributed by atoms with Gasteiger partial charge in [0.2, 0.25) is 6.79 Å². The zero-order valence-electron chi connectivity index (χ0n) is 7.37. The standard InChI is InChI=1S/C9H11NO3/c1-11-7-2-3-8-9(6(7)4-10)13-5-12-8/h2-3H,4-5,10H2,1H3. The van der Waals surface area contributed by atoms with E-state index in [9.17, 15) is 0 Å². The van der Waals surface area contributed by atoms with Gasteiger partial charge in [-0.2, -0.15) is 0 Å². The summed E-state index contributed by atoms with van der Waals surface area (Å²) >= 11 is 0. The van der Waals surface area contributed by atoms with Crippen molar-refractivity contribution < 1.29 is 14.2 Å². The van der Waals surface area contributed by atoms with E-state index in [4.69, 9.17) is 19.9 Å². The lowest BCUT2D eigenvalue weighted by Gasteiger charge is -2.08. The van der Waals surface area contributed by atoms with Crippen LogP contribution in [0.1, 0.15) is 5.56 Å². The Hall–Kier alpha value is -1.42. The summed E-state index contributed by atoms with van der Waals surface area (Å²) in [6.07, 6.45) is 0. The molecule has 0 bridgehead atoms. The van der Waals surface area contributed by atoms with Gasteiger partial charge < -0.3 is 19.9 Å². The molecule has 0 spiro atoms. The largest absolute Gasteiger partial charge is 0.496 e. The molecule has 4 nitrogen and oxygen atoms in total. The van der Waals surface area contributed by atoms with Crippen LogP contribution in [0.15, 0.2) is 12.1 Å². The van der Waals surface area contributed by atoms with Crippen molar-refractivity contribution in [1.29, 1.82) is 0 Å². The highest BCUT2D eigenvalue weighted by molar-refractivity contribution is 5.54. The molecule has 0 saturated heterocycles. The van der Waals surface area contributed by atoms with Gasteiger partial charge >= 0.3 is 0 Å². The molecule has 1 aromatic rings. The van der Waals surface area contributed by atoms with Crippen molar-refractivity contribution in [3.63, 3.8) is 0 Å². The zero-order valence-corrected chi connectivity index (χ0v) is 7.37. The van der Waals surface area contributed by atoms with Gasteiger partial charge in [0.15, 0.2) is 11.5 Å². The first-order chi connectivity index (χ1) is 6.36. The third-order valence-electron chi connectivity index (χ3n) is 2.02. The van der Waals surface area contributed by atoms with Gasteiger partial charge in [-0.05, 0) is 12.1 Å². The Morgan fingerprint density at radius 1 is 1.46 bits per heavy atom. The molecule has 2 N–H and O–H groups in total. The lowest BCUT2D eigenvalue weighted by atomic mass is 10.1. The Kier molecular flexibility index (Phi) is 1.98. The van der Waals surface area contributed by atoms with E-state index in [-0.39, 0.29) is 6.79 Å². The van der Waals surface area contributed by atoms with Crippen LogP contribution in [0, 0.1) is 0 Å². The normalized spacial score (nSPS) is 13.1.